The number of hydrogen-bond donors (Lipinski definition) is 3. The van der Waals surface area contributed by atoms with Crippen molar-refractivity contribution in [3.8, 4) is 0 Å². The standard InChI is InChI=1S/C23H28ClN5O3/c1-5-16-12-19(18-9-8-17(13-20(18)24)21-27-15(4)32-28-21)23(31)29(6-2)22(16)26-14(3)25-10-7-11-30/h5,8-9,12-13,15,25,30H,3,6-7,10-11H2,1-2,4H3,(H,27,28)/b16-5-,26-22+. The smallest absolute Gasteiger partial charge is 0.260 e. The fourth-order valence-corrected chi connectivity index (χ4v) is 3.65. The molecule has 2 aliphatic heterocycles. The monoisotopic (exact) mass is 457 g/mol. The number of carbonyl (C=O) groups excluding carboxylic acids is 1. The summed E-state index contributed by atoms with van der Waals surface area (Å²) in [5, 5.41) is 12.4. The van der Waals surface area contributed by atoms with Crippen LogP contribution in [0.15, 0.2) is 58.3 Å². The molecule has 2 heterocycles. The van der Waals surface area contributed by atoms with Gasteiger partial charge in [-0.2, -0.15) is 0 Å². The summed E-state index contributed by atoms with van der Waals surface area (Å²) in [4.78, 5) is 29.1. The van der Waals surface area contributed by atoms with E-state index < -0.39 is 0 Å². The summed E-state index contributed by atoms with van der Waals surface area (Å²) in [6.07, 6.45) is 4.01. The summed E-state index contributed by atoms with van der Waals surface area (Å²) < 4.78 is 0. The van der Waals surface area contributed by atoms with E-state index in [1.54, 1.807) is 17.0 Å². The first-order chi connectivity index (χ1) is 15.4. The molecule has 1 unspecified atom stereocenters. The summed E-state index contributed by atoms with van der Waals surface area (Å²) in [6, 6.07) is 5.43. The average Bonchev–Trinajstić information content (AvgIpc) is 3.21. The minimum Gasteiger partial charge on any atom is -0.396 e. The van der Waals surface area contributed by atoms with Gasteiger partial charge in [0.05, 0.1) is 0 Å². The minimum absolute atomic E-state index is 0.0810. The van der Waals surface area contributed by atoms with Gasteiger partial charge in [-0.1, -0.05) is 36.4 Å². The minimum atomic E-state index is -0.271. The number of amidine groups is 2. The van der Waals surface area contributed by atoms with Crippen molar-refractivity contribution >= 4 is 34.8 Å². The number of halogens is 1. The highest BCUT2D eigenvalue weighted by atomic mass is 35.5. The first-order valence-corrected chi connectivity index (χ1v) is 10.9. The topological polar surface area (TPSA) is 98.6 Å². The van der Waals surface area contributed by atoms with E-state index in [9.17, 15) is 4.79 Å². The molecule has 1 amide bonds. The lowest BCUT2D eigenvalue weighted by Crippen LogP contribution is -2.41. The molecule has 9 heteroatoms. The molecule has 0 aromatic heterocycles. The first-order valence-electron chi connectivity index (χ1n) is 10.5. The van der Waals surface area contributed by atoms with Gasteiger partial charge in [0.25, 0.3) is 5.91 Å². The Hall–Kier alpha value is -2.94. The molecule has 8 nitrogen and oxygen atoms in total. The Morgan fingerprint density at radius 2 is 2.28 bits per heavy atom. The van der Waals surface area contributed by atoms with Crippen molar-refractivity contribution in [2.75, 3.05) is 19.7 Å². The highest BCUT2D eigenvalue weighted by Crippen LogP contribution is 2.32. The molecule has 0 spiro atoms. The summed E-state index contributed by atoms with van der Waals surface area (Å²) in [5.41, 5.74) is 5.46. The van der Waals surface area contributed by atoms with E-state index >= 15 is 0 Å². The number of aliphatic hydroxyl groups is 1. The van der Waals surface area contributed by atoms with Gasteiger partial charge in [0.1, 0.15) is 11.7 Å². The molecular weight excluding hydrogens is 430 g/mol. The summed E-state index contributed by atoms with van der Waals surface area (Å²) >= 11 is 6.59. The molecule has 0 saturated carbocycles. The van der Waals surface area contributed by atoms with E-state index in [-0.39, 0.29) is 18.7 Å². The molecule has 32 heavy (non-hydrogen) atoms. The fourth-order valence-electron chi connectivity index (χ4n) is 3.37. The van der Waals surface area contributed by atoms with Crippen LogP contribution in [0, 0.1) is 0 Å². The van der Waals surface area contributed by atoms with Gasteiger partial charge in [-0.25, -0.2) is 20.3 Å². The first kappa shape index (κ1) is 23.7. The number of aliphatic hydroxyl groups excluding tert-OH is 1. The number of rotatable bonds is 8. The zero-order chi connectivity index (χ0) is 23.3. The van der Waals surface area contributed by atoms with Gasteiger partial charge in [-0.3, -0.25) is 9.69 Å². The highest BCUT2D eigenvalue weighted by Gasteiger charge is 2.31. The van der Waals surface area contributed by atoms with Crippen LogP contribution in [-0.4, -0.2) is 53.5 Å². The third-order valence-electron chi connectivity index (χ3n) is 4.99. The van der Waals surface area contributed by atoms with Crippen LogP contribution in [0.4, 0.5) is 0 Å². The Labute approximate surface area is 193 Å². The van der Waals surface area contributed by atoms with Crippen LogP contribution in [0.2, 0.25) is 5.02 Å². The molecule has 0 fully saturated rings. The molecule has 1 aromatic carbocycles. The number of nitrogens with one attached hydrogen (secondary N) is 2. The fraction of sp³-hybridized carbons (Fsp3) is 0.348. The van der Waals surface area contributed by atoms with Crippen LogP contribution >= 0.6 is 11.6 Å². The number of likely N-dealkylation sites (N-methyl/N-ethyl adjacent to an activating group) is 1. The number of benzene rings is 1. The van der Waals surface area contributed by atoms with E-state index in [0.29, 0.717) is 53.2 Å². The third kappa shape index (κ3) is 5.09. The average molecular weight is 458 g/mol. The number of hydrogen-bond acceptors (Lipinski definition) is 7. The van der Waals surface area contributed by atoms with Gasteiger partial charge in [-0.15, -0.1) is 0 Å². The van der Waals surface area contributed by atoms with Crippen molar-refractivity contribution in [2.45, 2.75) is 33.4 Å². The van der Waals surface area contributed by atoms with Gasteiger partial charge in [0, 0.05) is 47.0 Å². The SMILES string of the molecule is C=C(/N=C1\C(=C/C)C=C(c2ccc(C3=NC(C)ON3)cc2Cl)C(=O)N1CC)NCCCO. The van der Waals surface area contributed by atoms with Crippen LogP contribution in [-0.2, 0) is 9.63 Å². The maximum atomic E-state index is 13.4. The van der Waals surface area contributed by atoms with Crippen LogP contribution in [0.3, 0.4) is 0 Å². The Bertz CT molecular complexity index is 1030. The van der Waals surface area contributed by atoms with Gasteiger partial charge in [0.15, 0.2) is 12.1 Å². The second-order valence-corrected chi connectivity index (χ2v) is 7.64. The third-order valence-corrected chi connectivity index (χ3v) is 5.30. The van der Waals surface area contributed by atoms with Gasteiger partial charge in [-0.05, 0) is 39.3 Å². The van der Waals surface area contributed by atoms with Crippen molar-refractivity contribution in [3.05, 3.63) is 64.5 Å². The molecule has 3 rings (SSSR count). The summed E-state index contributed by atoms with van der Waals surface area (Å²) in [7, 11) is 0. The van der Waals surface area contributed by atoms with Crippen LogP contribution in [0.5, 0.6) is 0 Å². The Balaban J connectivity index is 1.95. The van der Waals surface area contributed by atoms with Crippen molar-refractivity contribution in [1.82, 2.24) is 15.7 Å². The normalized spacial score (nSPS) is 21.0. The molecule has 0 radical (unpaired) electrons. The van der Waals surface area contributed by atoms with Crippen molar-refractivity contribution in [1.29, 1.82) is 0 Å². The molecule has 2 aliphatic rings. The lowest BCUT2D eigenvalue weighted by Gasteiger charge is -2.30. The Morgan fingerprint density at radius 1 is 1.50 bits per heavy atom. The Morgan fingerprint density at radius 3 is 2.88 bits per heavy atom. The number of nitrogens with zero attached hydrogens (tertiary/aromatic N) is 3. The van der Waals surface area contributed by atoms with Crippen molar-refractivity contribution in [3.63, 3.8) is 0 Å². The molecule has 0 saturated heterocycles. The molecular formula is C23H28ClN5O3. The molecule has 3 N–H and O–H groups in total. The predicted molar refractivity (Wildman–Crippen MR) is 127 cm³/mol. The second-order valence-electron chi connectivity index (χ2n) is 7.23. The zero-order valence-corrected chi connectivity index (χ0v) is 19.2. The quantitative estimate of drug-likeness (QED) is 0.521. The number of amides is 1. The number of hydroxylamine groups is 1. The van der Waals surface area contributed by atoms with Gasteiger partial charge >= 0.3 is 0 Å². The summed E-state index contributed by atoms with van der Waals surface area (Å²) in [5.74, 6) is 1.36. The van der Waals surface area contributed by atoms with Crippen LogP contribution in [0.25, 0.3) is 5.57 Å². The van der Waals surface area contributed by atoms with Crippen molar-refractivity contribution in [2.24, 2.45) is 9.98 Å². The predicted octanol–water partition coefficient (Wildman–Crippen LogP) is 3.00. The van der Waals surface area contributed by atoms with Crippen LogP contribution in [0.1, 0.15) is 38.3 Å². The van der Waals surface area contributed by atoms with Gasteiger partial charge in [0.2, 0.25) is 0 Å². The maximum absolute atomic E-state index is 13.4. The molecule has 0 aliphatic carbocycles. The van der Waals surface area contributed by atoms with E-state index in [4.69, 9.17) is 21.5 Å². The lowest BCUT2D eigenvalue weighted by atomic mass is 9.95. The number of aliphatic imine (C=N–C) groups is 2. The van der Waals surface area contributed by atoms with Crippen LogP contribution < -0.4 is 10.8 Å². The van der Waals surface area contributed by atoms with Crippen molar-refractivity contribution < 1.29 is 14.7 Å². The van der Waals surface area contributed by atoms with E-state index in [2.05, 4.69) is 27.4 Å². The maximum Gasteiger partial charge on any atom is 0.260 e. The lowest BCUT2D eigenvalue weighted by molar-refractivity contribution is -0.121. The Kier molecular flexibility index (Phi) is 7.84. The summed E-state index contributed by atoms with van der Waals surface area (Å²) in [6.45, 7) is 10.6. The highest BCUT2D eigenvalue weighted by molar-refractivity contribution is 6.37. The molecule has 1 atom stereocenters. The van der Waals surface area contributed by atoms with E-state index in [1.165, 1.54) is 0 Å². The zero-order valence-electron chi connectivity index (χ0n) is 18.5. The largest absolute Gasteiger partial charge is 0.396 e. The number of carbonyl (C=O) groups is 1. The second kappa shape index (κ2) is 10.6. The van der Waals surface area contributed by atoms with E-state index in [0.717, 1.165) is 11.1 Å². The van der Waals surface area contributed by atoms with E-state index in [1.807, 2.05) is 39.0 Å². The van der Waals surface area contributed by atoms with Gasteiger partial charge < -0.3 is 10.4 Å². The number of allylic oxidation sites excluding steroid dienone is 1. The molecule has 0 bridgehead atoms. The molecule has 170 valence electrons. The molecule has 1 aromatic rings.